The highest BCUT2D eigenvalue weighted by atomic mass is 32.2. The minimum absolute atomic E-state index is 0.0954. The zero-order chi connectivity index (χ0) is 15.6. The van der Waals surface area contributed by atoms with Crippen LogP contribution in [0.15, 0.2) is 34.2 Å². The summed E-state index contributed by atoms with van der Waals surface area (Å²) in [5.74, 6) is -0.880. The van der Waals surface area contributed by atoms with Crippen LogP contribution in [0, 0.1) is 0 Å². The lowest BCUT2D eigenvalue weighted by Gasteiger charge is -2.08. The van der Waals surface area contributed by atoms with Gasteiger partial charge in [0.25, 0.3) is 10.0 Å². The number of nitrogens with one attached hydrogen (secondary N) is 1. The zero-order valence-corrected chi connectivity index (χ0v) is 12.3. The molecule has 0 radical (unpaired) electrons. The molecule has 1 atom stereocenters. The molecular formula is C13H14N2O5S. The van der Waals surface area contributed by atoms with Crippen molar-refractivity contribution in [3.8, 4) is 0 Å². The lowest BCUT2D eigenvalue weighted by molar-refractivity contribution is -0.151. The highest BCUT2D eigenvalue weighted by molar-refractivity contribution is 7.90. The van der Waals surface area contributed by atoms with Gasteiger partial charge in [-0.2, -0.15) is 0 Å². The molecule has 1 heterocycles. The van der Waals surface area contributed by atoms with Gasteiger partial charge in [0.05, 0.1) is 4.90 Å². The summed E-state index contributed by atoms with van der Waals surface area (Å²) in [6.45, 7) is 2.40. The van der Waals surface area contributed by atoms with Gasteiger partial charge >= 0.3 is 5.97 Å². The molecular weight excluding hydrogens is 296 g/mol. The molecule has 7 nitrogen and oxygen atoms in total. The molecule has 0 bridgehead atoms. The molecule has 1 N–H and O–H groups in total. The van der Waals surface area contributed by atoms with Crippen LogP contribution in [0.4, 0.5) is 0 Å². The first-order valence-electron chi connectivity index (χ1n) is 6.18. The van der Waals surface area contributed by atoms with Gasteiger partial charge in [0.15, 0.2) is 11.9 Å². The van der Waals surface area contributed by atoms with Gasteiger partial charge < -0.3 is 4.74 Å². The van der Waals surface area contributed by atoms with Crippen LogP contribution in [-0.4, -0.2) is 38.7 Å². The number of nitrogens with zero attached hydrogens (tertiary/aromatic N) is 1. The predicted octanol–water partition coefficient (Wildman–Crippen LogP) is 0.246. The van der Waals surface area contributed by atoms with Gasteiger partial charge in [0.2, 0.25) is 0 Å². The second-order valence-electron chi connectivity index (χ2n) is 4.51. The van der Waals surface area contributed by atoms with E-state index in [0.29, 0.717) is 5.56 Å². The van der Waals surface area contributed by atoms with Crippen LogP contribution in [0.25, 0.3) is 0 Å². The fourth-order valence-corrected chi connectivity index (χ4v) is 2.96. The van der Waals surface area contributed by atoms with Crippen LogP contribution in [0.1, 0.15) is 19.4 Å². The second kappa shape index (κ2) is 5.65. The van der Waals surface area contributed by atoms with Crippen molar-refractivity contribution in [1.82, 2.24) is 4.72 Å². The molecule has 112 valence electrons. The maximum absolute atomic E-state index is 11.8. The van der Waals surface area contributed by atoms with E-state index in [-0.39, 0.29) is 23.1 Å². The molecule has 21 heavy (non-hydrogen) atoms. The summed E-state index contributed by atoms with van der Waals surface area (Å²) in [6.07, 6.45) is -0.842. The lowest BCUT2D eigenvalue weighted by Crippen LogP contribution is -2.26. The Labute approximate surface area is 122 Å². The molecule has 0 amide bonds. The van der Waals surface area contributed by atoms with Crippen molar-refractivity contribution in [2.75, 3.05) is 6.54 Å². The average molecular weight is 310 g/mol. The summed E-state index contributed by atoms with van der Waals surface area (Å²) in [6, 6.07) is 6.32. The summed E-state index contributed by atoms with van der Waals surface area (Å²) < 4.78 is 30.8. The number of Topliss-reactive ketones (excluding diaryl/α,β-unsaturated/α-hetero) is 1. The van der Waals surface area contributed by atoms with Crippen molar-refractivity contribution in [1.29, 1.82) is 0 Å². The molecule has 0 saturated carbocycles. The number of rotatable bonds is 4. The van der Waals surface area contributed by atoms with Crippen LogP contribution in [0.3, 0.4) is 0 Å². The molecule has 1 aromatic rings. The molecule has 0 fully saturated rings. The number of carbonyl (C=O) groups excluding carboxylic acids is 2. The molecule has 0 spiro atoms. The van der Waals surface area contributed by atoms with E-state index in [1.807, 2.05) is 0 Å². The topological polar surface area (TPSA) is 102 Å². The molecule has 0 saturated heterocycles. The Morgan fingerprint density at radius 1 is 1.33 bits per heavy atom. The summed E-state index contributed by atoms with van der Waals surface area (Å²) >= 11 is 0. The van der Waals surface area contributed by atoms with E-state index in [1.54, 1.807) is 18.2 Å². The number of amidine groups is 1. The van der Waals surface area contributed by atoms with Gasteiger partial charge in [-0.3, -0.25) is 19.3 Å². The fourth-order valence-electron chi connectivity index (χ4n) is 1.71. The first-order valence-corrected chi connectivity index (χ1v) is 7.66. The number of benzene rings is 1. The zero-order valence-electron chi connectivity index (χ0n) is 11.5. The van der Waals surface area contributed by atoms with Crippen molar-refractivity contribution in [3.05, 3.63) is 29.8 Å². The molecule has 1 aliphatic rings. The summed E-state index contributed by atoms with van der Waals surface area (Å²) in [5.41, 5.74) is 0.407. The normalized spacial score (nSPS) is 18.7. The fraction of sp³-hybridized carbons (Fsp3) is 0.308. The number of hydrogen-bond donors (Lipinski definition) is 1. The molecule has 1 unspecified atom stereocenters. The van der Waals surface area contributed by atoms with Crippen LogP contribution < -0.4 is 4.72 Å². The van der Waals surface area contributed by atoms with E-state index in [0.717, 1.165) is 0 Å². The largest absolute Gasteiger partial charge is 0.453 e. The van der Waals surface area contributed by atoms with Crippen molar-refractivity contribution in [2.45, 2.75) is 24.8 Å². The highest BCUT2D eigenvalue weighted by Crippen LogP contribution is 2.21. The Balaban J connectivity index is 2.14. The van der Waals surface area contributed by atoms with Gasteiger partial charge in [-0.05, 0) is 26.0 Å². The Morgan fingerprint density at radius 3 is 2.67 bits per heavy atom. The van der Waals surface area contributed by atoms with E-state index in [2.05, 4.69) is 9.71 Å². The smallest absolute Gasteiger partial charge is 0.328 e. The molecule has 8 heteroatoms. The van der Waals surface area contributed by atoms with Crippen molar-refractivity contribution < 1.29 is 22.7 Å². The monoisotopic (exact) mass is 310 g/mol. The number of esters is 1. The number of ketones is 1. The van der Waals surface area contributed by atoms with Gasteiger partial charge in [-0.25, -0.2) is 8.42 Å². The Bertz CT molecular complexity index is 724. The third kappa shape index (κ3) is 3.27. The Morgan fingerprint density at radius 2 is 2.00 bits per heavy atom. The predicted molar refractivity (Wildman–Crippen MR) is 74.4 cm³/mol. The molecule has 1 aliphatic heterocycles. The van der Waals surface area contributed by atoms with E-state index in [9.17, 15) is 18.0 Å². The van der Waals surface area contributed by atoms with Crippen LogP contribution in [0.2, 0.25) is 0 Å². The maximum Gasteiger partial charge on any atom is 0.328 e. The Kier molecular flexibility index (Phi) is 4.08. The van der Waals surface area contributed by atoms with Crippen molar-refractivity contribution in [2.24, 2.45) is 4.99 Å². The maximum atomic E-state index is 11.8. The van der Waals surface area contributed by atoms with Crippen LogP contribution >= 0.6 is 0 Å². The summed E-state index contributed by atoms with van der Waals surface area (Å²) in [4.78, 5) is 26.5. The van der Waals surface area contributed by atoms with Gasteiger partial charge in [0, 0.05) is 5.56 Å². The van der Waals surface area contributed by atoms with Crippen LogP contribution in [-0.2, 0) is 24.3 Å². The Hall–Kier alpha value is -2.22. The number of hydrogen-bond acceptors (Lipinski definition) is 6. The number of ether oxygens (including phenoxy) is 1. The third-order valence-electron chi connectivity index (χ3n) is 2.91. The molecule has 0 aliphatic carbocycles. The molecule has 0 aromatic heterocycles. The average Bonchev–Trinajstić information content (AvgIpc) is 2.68. The number of sulfonamides is 1. The van der Waals surface area contributed by atoms with Gasteiger partial charge in [0.1, 0.15) is 12.4 Å². The number of carbonyl (C=O) groups is 2. The van der Waals surface area contributed by atoms with Crippen molar-refractivity contribution in [3.63, 3.8) is 0 Å². The second-order valence-corrected chi connectivity index (χ2v) is 6.16. The van der Waals surface area contributed by atoms with Crippen LogP contribution in [0.5, 0.6) is 0 Å². The number of fused-ring (bicyclic) bond motifs is 1. The quantitative estimate of drug-likeness (QED) is 0.803. The van der Waals surface area contributed by atoms with Gasteiger partial charge in [-0.1, -0.05) is 12.1 Å². The first kappa shape index (κ1) is 15.2. The lowest BCUT2D eigenvalue weighted by atomic mass is 10.2. The first-order chi connectivity index (χ1) is 9.81. The molecule has 2 rings (SSSR count). The summed E-state index contributed by atoms with van der Waals surface area (Å²) in [5, 5.41) is 0. The van der Waals surface area contributed by atoms with E-state index in [4.69, 9.17) is 4.74 Å². The van der Waals surface area contributed by atoms with E-state index >= 15 is 0 Å². The summed E-state index contributed by atoms with van der Waals surface area (Å²) in [7, 11) is -3.63. The van der Waals surface area contributed by atoms with Crippen molar-refractivity contribution >= 4 is 27.6 Å². The standard InChI is InChI=1S/C13H14N2O5S/c1-8(16)9(2)20-12(17)7-14-13-10-5-3-4-6-11(10)21(18,19)15-13/h3-6,9H,7H2,1-2H3,(H,14,15). The van der Waals surface area contributed by atoms with Gasteiger partial charge in [-0.15, -0.1) is 0 Å². The molecule has 1 aromatic carbocycles. The van der Waals surface area contributed by atoms with E-state index < -0.39 is 22.1 Å². The highest BCUT2D eigenvalue weighted by Gasteiger charge is 2.30. The minimum Gasteiger partial charge on any atom is -0.453 e. The third-order valence-corrected chi connectivity index (χ3v) is 4.31. The number of aliphatic imine (C=N–C) groups is 1. The minimum atomic E-state index is -3.63. The SMILES string of the molecule is CC(=O)C(C)OC(=O)CN=C1NS(=O)(=O)c2ccccc21. The van der Waals surface area contributed by atoms with E-state index in [1.165, 1.54) is 19.9 Å².